The second kappa shape index (κ2) is 9.73. The molecule has 2 aliphatic heterocycles. The van der Waals surface area contributed by atoms with E-state index in [0.717, 1.165) is 12.8 Å². The molecule has 158 valence electrons. The number of rotatable bonds is 6. The summed E-state index contributed by atoms with van der Waals surface area (Å²) >= 11 is 0. The van der Waals surface area contributed by atoms with Crippen LogP contribution in [0.1, 0.15) is 36.0 Å². The predicted molar refractivity (Wildman–Crippen MR) is 107 cm³/mol. The normalized spacial score (nSPS) is 20.5. The molecule has 0 bridgehead atoms. The molecule has 1 aromatic carbocycles. The third-order valence-corrected chi connectivity index (χ3v) is 5.44. The Morgan fingerprint density at radius 3 is 2.45 bits per heavy atom. The van der Waals surface area contributed by atoms with Crippen LogP contribution in [0.15, 0.2) is 24.3 Å². The molecule has 1 atom stereocenters. The smallest absolute Gasteiger partial charge is 0.251 e. The zero-order valence-corrected chi connectivity index (χ0v) is 17.1. The predicted octanol–water partition coefficient (Wildman–Crippen LogP) is 1.05. The van der Waals surface area contributed by atoms with E-state index in [-0.39, 0.29) is 36.5 Å². The van der Waals surface area contributed by atoms with Crippen molar-refractivity contribution in [2.75, 3.05) is 40.4 Å². The molecule has 2 saturated heterocycles. The highest BCUT2D eigenvalue weighted by Crippen LogP contribution is 2.20. The SMILES string of the molecule is COCC(=O)N1CCC(Oc2ccc(C(=O)NC3CCC(=O)N(C)C3)cc2)CC1. The Balaban J connectivity index is 1.46. The van der Waals surface area contributed by atoms with Crippen LogP contribution >= 0.6 is 0 Å². The maximum Gasteiger partial charge on any atom is 0.251 e. The van der Waals surface area contributed by atoms with Gasteiger partial charge in [-0.25, -0.2) is 0 Å². The van der Waals surface area contributed by atoms with Gasteiger partial charge in [-0.2, -0.15) is 0 Å². The van der Waals surface area contributed by atoms with Crippen molar-refractivity contribution in [3.8, 4) is 5.75 Å². The summed E-state index contributed by atoms with van der Waals surface area (Å²) in [6, 6.07) is 7.08. The van der Waals surface area contributed by atoms with Crippen molar-refractivity contribution < 1.29 is 23.9 Å². The van der Waals surface area contributed by atoms with E-state index >= 15 is 0 Å². The molecular weight excluding hydrogens is 374 g/mol. The largest absolute Gasteiger partial charge is 0.490 e. The molecule has 3 rings (SSSR count). The number of hydrogen-bond donors (Lipinski definition) is 1. The first-order chi connectivity index (χ1) is 14.0. The number of likely N-dealkylation sites (tertiary alicyclic amines) is 2. The average molecular weight is 403 g/mol. The Bertz CT molecular complexity index is 728. The molecule has 8 heteroatoms. The van der Waals surface area contributed by atoms with Crippen LogP contribution in [-0.2, 0) is 14.3 Å². The van der Waals surface area contributed by atoms with Crippen LogP contribution in [0.25, 0.3) is 0 Å². The lowest BCUT2D eigenvalue weighted by molar-refractivity contribution is -0.137. The number of likely N-dealkylation sites (N-methyl/N-ethyl adjacent to an activating group) is 1. The monoisotopic (exact) mass is 403 g/mol. The van der Waals surface area contributed by atoms with Crippen LogP contribution in [-0.4, -0.2) is 80.1 Å². The number of nitrogens with one attached hydrogen (secondary N) is 1. The van der Waals surface area contributed by atoms with Gasteiger partial charge in [0.15, 0.2) is 0 Å². The van der Waals surface area contributed by atoms with Gasteiger partial charge in [0.05, 0.1) is 0 Å². The standard InChI is InChI=1S/C21H29N3O5/c1-23-13-16(5-8-19(23)25)22-21(27)15-3-6-17(7-4-15)29-18-9-11-24(12-10-18)20(26)14-28-2/h3-4,6-7,16,18H,5,8-14H2,1-2H3,(H,22,27). The second-order valence-corrected chi connectivity index (χ2v) is 7.64. The molecule has 2 heterocycles. The summed E-state index contributed by atoms with van der Waals surface area (Å²) in [4.78, 5) is 39.3. The van der Waals surface area contributed by atoms with Crippen molar-refractivity contribution in [1.82, 2.24) is 15.1 Å². The van der Waals surface area contributed by atoms with Crippen LogP contribution < -0.4 is 10.1 Å². The molecule has 8 nitrogen and oxygen atoms in total. The molecule has 3 amide bonds. The molecule has 0 aromatic heterocycles. The van der Waals surface area contributed by atoms with E-state index in [1.54, 1.807) is 41.1 Å². The summed E-state index contributed by atoms with van der Waals surface area (Å²) in [6.45, 7) is 1.97. The number of nitrogens with zero attached hydrogens (tertiary/aromatic N) is 2. The minimum atomic E-state index is -0.144. The fraction of sp³-hybridized carbons (Fsp3) is 0.571. The lowest BCUT2D eigenvalue weighted by Crippen LogP contribution is -2.48. The molecule has 1 aromatic rings. The molecule has 0 spiro atoms. The lowest BCUT2D eigenvalue weighted by Gasteiger charge is -2.32. The van der Waals surface area contributed by atoms with Crippen molar-refractivity contribution >= 4 is 17.7 Å². The summed E-state index contributed by atoms with van der Waals surface area (Å²) < 4.78 is 10.9. The van der Waals surface area contributed by atoms with E-state index < -0.39 is 0 Å². The van der Waals surface area contributed by atoms with Gasteiger partial charge in [-0.1, -0.05) is 0 Å². The van der Waals surface area contributed by atoms with Gasteiger partial charge in [-0.3, -0.25) is 14.4 Å². The number of hydrogen-bond acceptors (Lipinski definition) is 5. The zero-order chi connectivity index (χ0) is 20.8. The lowest BCUT2D eigenvalue weighted by atomic mass is 10.0. The summed E-state index contributed by atoms with van der Waals surface area (Å²) in [5, 5.41) is 2.99. The number of carbonyl (C=O) groups is 3. The highest BCUT2D eigenvalue weighted by Gasteiger charge is 2.25. The average Bonchev–Trinajstić information content (AvgIpc) is 2.72. The molecule has 2 fully saturated rings. The van der Waals surface area contributed by atoms with Crippen LogP contribution in [0.4, 0.5) is 0 Å². The summed E-state index contributed by atoms with van der Waals surface area (Å²) in [5.41, 5.74) is 0.567. The number of amides is 3. The third kappa shape index (κ3) is 5.69. The van der Waals surface area contributed by atoms with Gasteiger partial charge in [0, 0.05) is 64.7 Å². The highest BCUT2D eigenvalue weighted by atomic mass is 16.5. The number of carbonyl (C=O) groups excluding carboxylic acids is 3. The quantitative estimate of drug-likeness (QED) is 0.767. The Morgan fingerprint density at radius 1 is 1.14 bits per heavy atom. The van der Waals surface area contributed by atoms with E-state index in [4.69, 9.17) is 9.47 Å². The molecule has 0 saturated carbocycles. The summed E-state index contributed by atoms with van der Waals surface area (Å²) in [5.74, 6) is 0.696. The maximum absolute atomic E-state index is 12.5. The molecule has 1 unspecified atom stereocenters. The minimum absolute atomic E-state index is 0.00911. The fourth-order valence-electron chi connectivity index (χ4n) is 3.71. The minimum Gasteiger partial charge on any atom is -0.490 e. The van der Waals surface area contributed by atoms with Gasteiger partial charge in [0.1, 0.15) is 18.5 Å². The second-order valence-electron chi connectivity index (χ2n) is 7.64. The number of methoxy groups -OCH3 is 1. The first-order valence-corrected chi connectivity index (χ1v) is 10.0. The van der Waals surface area contributed by atoms with Gasteiger partial charge in [-0.15, -0.1) is 0 Å². The van der Waals surface area contributed by atoms with Crippen LogP contribution in [0.5, 0.6) is 5.75 Å². The van der Waals surface area contributed by atoms with E-state index in [1.165, 1.54) is 7.11 Å². The Morgan fingerprint density at radius 2 is 1.83 bits per heavy atom. The van der Waals surface area contributed by atoms with Crippen molar-refractivity contribution in [3.05, 3.63) is 29.8 Å². The Labute approximate surface area is 171 Å². The van der Waals surface area contributed by atoms with Crippen LogP contribution in [0.3, 0.4) is 0 Å². The van der Waals surface area contributed by atoms with Crippen molar-refractivity contribution in [1.29, 1.82) is 0 Å². The van der Waals surface area contributed by atoms with Gasteiger partial charge >= 0.3 is 0 Å². The van der Waals surface area contributed by atoms with Crippen molar-refractivity contribution in [2.24, 2.45) is 0 Å². The fourth-order valence-corrected chi connectivity index (χ4v) is 3.71. The molecule has 0 aliphatic carbocycles. The van der Waals surface area contributed by atoms with E-state index in [1.807, 2.05) is 0 Å². The van der Waals surface area contributed by atoms with Gasteiger partial charge < -0.3 is 24.6 Å². The van der Waals surface area contributed by atoms with Crippen molar-refractivity contribution in [3.63, 3.8) is 0 Å². The van der Waals surface area contributed by atoms with Gasteiger partial charge in [0.25, 0.3) is 5.91 Å². The molecule has 2 aliphatic rings. The zero-order valence-electron chi connectivity index (χ0n) is 17.1. The molecular formula is C21H29N3O5. The summed E-state index contributed by atoms with van der Waals surface area (Å²) in [7, 11) is 3.27. The van der Waals surface area contributed by atoms with Gasteiger partial charge in [0.2, 0.25) is 11.8 Å². The number of benzene rings is 1. The first kappa shape index (κ1) is 21.1. The van der Waals surface area contributed by atoms with Crippen molar-refractivity contribution in [2.45, 2.75) is 37.8 Å². The topological polar surface area (TPSA) is 88.2 Å². The Kier molecular flexibility index (Phi) is 7.09. The highest BCUT2D eigenvalue weighted by molar-refractivity contribution is 5.94. The summed E-state index contributed by atoms with van der Waals surface area (Å²) in [6.07, 6.45) is 2.72. The van der Waals surface area contributed by atoms with E-state index in [2.05, 4.69) is 5.32 Å². The first-order valence-electron chi connectivity index (χ1n) is 10.0. The number of ether oxygens (including phenoxy) is 2. The molecule has 29 heavy (non-hydrogen) atoms. The third-order valence-electron chi connectivity index (χ3n) is 5.44. The van der Waals surface area contributed by atoms with E-state index in [9.17, 15) is 14.4 Å². The maximum atomic E-state index is 12.5. The number of piperidine rings is 2. The van der Waals surface area contributed by atoms with E-state index in [0.29, 0.717) is 43.8 Å². The van der Waals surface area contributed by atoms with Gasteiger partial charge in [-0.05, 0) is 30.7 Å². The molecule has 0 radical (unpaired) electrons. The van der Waals surface area contributed by atoms with Crippen LogP contribution in [0.2, 0.25) is 0 Å². The van der Waals surface area contributed by atoms with Crippen LogP contribution in [0, 0.1) is 0 Å². The Hall–Kier alpha value is -2.61. The molecule has 1 N–H and O–H groups in total.